The van der Waals surface area contributed by atoms with Gasteiger partial charge in [-0.1, -0.05) is 12.1 Å². The molecule has 0 radical (unpaired) electrons. The topological polar surface area (TPSA) is 148 Å². The molecule has 11 heteroatoms. The van der Waals surface area contributed by atoms with E-state index in [4.69, 9.17) is 20.3 Å². The molecular weight excluding hydrogens is 438 g/mol. The Morgan fingerprint density at radius 2 is 2.03 bits per heavy atom. The Hall–Kier alpha value is -2.37. The standard InChI is InChI=1S/C21H33N3O7S/c1-16(17-6-4-9-19(14-17)31-18-7-2-3-8-18)23-32(28,29)13-5-12-30-15-24(21(26)27)11-10-20(22)25/h4,6,9,14,16,18,23H,2-3,5,7-8,10-13,15H2,1H3,(H2,22,25)(H,26,27). The number of carbonyl (C=O) groups excluding carboxylic acids is 1. The molecular formula is C21H33N3O7S. The van der Waals surface area contributed by atoms with E-state index in [2.05, 4.69) is 4.72 Å². The van der Waals surface area contributed by atoms with Crippen LogP contribution in [0.25, 0.3) is 0 Å². The molecule has 32 heavy (non-hydrogen) atoms. The average molecular weight is 472 g/mol. The van der Waals surface area contributed by atoms with E-state index in [0.717, 1.165) is 29.1 Å². The molecule has 1 aliphatic rings. The molecule has 1 aliphatic carbocycles. The van der Waals surface area contributed by atoms with Crippen LogP contribution in [0.4, 0.5) is 4.79 Å². The van der Waals surface area contributed by atoms with Gasteiger partial charge in [0.15, 0.2) is 0 Å². The zero-order valence-corrected chi connectivity index (χ0v) is 19.2. The van der Waals surface area contributed by atoms with Gasteiger partial charge in [-0.15, -0.1) is 0 Å². The monoisotopic (exact) mass is 471 g/mol. The molecule has 4 N–H and O–H groups in total. The number of nitrogens with two attached hydrogens (primary N) is 1. The van der Waals surface area contributed by atoms with Gasteiger partial charge < -0.3 is 20.3 Å². The van der Waals surface area contributed by atoms with Crippen LogP contribution in [0.1, 0.15) is 57.1 Å². The SMILES string of the molecule is CC(NS(=O)(=O)CCCOCN(CCC(N)=O)C(=O)O)c1cccc(OC2CCCC2)c1. The Labute approximate surface area is 189 Å². The third-order valence-electron chi connectivity index (χ3n) is 5.17. The van der Waals surface area contributed by atoms with Gasteiger partial charge in [-0.2, -0.15) is 0 Å². The van der Waals surface area contributed by atoms with Crippen LogP contribution < -0.4 is 15.2 Å². The minimum atomic E-state index is -3.56. The summed E-state index contributed by atoms with van der Waals surface area (Å²) in [5.74, 6) is -0.0319. The second-order valence-electron chi connectivity index (χ2n) is 7.91. The van der Waals surface area contributed by atoms with Crippen LogP contribution in [0.2, 0.25) is 0 Å². The normalized spacial score (nSPS) is 15.4. The van der Waals surface area contributed by atoms with Gasteiger partial charge in [0.05, 0.1) is 11.9 Å². The van der Waals surface area contributed by atoms with Crippen molar-refractivity contribution in [2.75, 3.05) is 25.6 Å². The molecule has 1 fully saturated rings. The van der Waals surface area contributed by atoms with Crippen molar-refractivity contribution in [2.24, 2.45) is 5.73 Å². The summed E-state index contributed by atoms with van der Waals surface area (Å²) in [6.07, 6.45) is 3.50. The van der Waals surface area contributed by atoms with E-state index in [-0.39, 0.29) is 44.6 Å². The quantitative estimate of drug-likeness (QED) is 0.278. The van der Waals surface area contributed by atoms with Gasteiger partial charge in [0, 0.05) is 25.6 Å². The van der Waals surface area contributed by atoms with E-state index in [1.165, 1.54) is 12.8 Å². The van der Waals surface area contributed by atoms with Crippen molar-refractivity contribution < 1.29 is 32.6 Å². The maximum atomic E-state index is 12.4. The lowest BCUT2D eigenvalue weighted by Gasteiger charge is -2.19. The zero-order chi connectivity index (χ0) is 23.6. The Kier molecular flexibility index (Phi) is 10.2. The molecule has 2 amide bonds. The molecule has 0 bridgehead atoms. The summed E-state index contributed by atoms with van der Waals surface area (Å²) in [4.78, 5) is 22.8. The fraction of sp³-hybridized carbons (Fsp3) is 0.619. The number of nitrogens with zero attached hydrogens (tertiary/aromatic N) is 1. The highest BCUT2D eigenvalue weighted by atomic mass is 32.2. The van der Waals surface area contributed by atoms with Crippen molar-refractivity contribution in [2.45, 2.75) is 57.6 Å². The van der Waals surface area contributed by atoms with Crippen molar-refractivity contribution in [3.05, 3.63) is 29.8 Å². The Balaban J connectivity index is 1.75. The predicted octanol–water partition coefficient (Wildman–Crippen LogP) is 2.21. The predicted molar refractivity (Wildman–Crippen MR) is 119 cm³/mol. The molecule has 1 aromatic carbocycles. The average Bonchev–Trinajstić information content (AvgIpc) is 3.22. The van der Waals surface area contributed by atoms with Crippen LogP contribution in [0, 0.1) is 0 Å². The first-order valence-corrected chi connectivity index (χ1v) is 12.4. The Morgan fingerprint density at radius 3 is 2.69 bits per heavy atom. The summed E-state index contributed by atoms with van der Waals surface area (Å²) in [6, 6.07) is 7.02. The summed E-state index contributed by atoms with van der Waals surface area (Å²) in [5, 5.41) is 9.06. The number of carbonyl (C=O) groups is 2. The second-order valence-corrected chi connectivity index (χ2v) is 9.78. The van der Waals surface area contributed by atoms with Gasteiger partial charge in [-0.3, -0.25) is 9.69 Å². The maximum Gasteiger partial charge on any atom is 0.409 e. The molecule has 0 aromatic heterocycles. The highest BCUT2D eigenvalue weighted by Crippen LogP contribution is 2.26. The number of carboxylic acid groups (broad SMARTS) is 1. The third-order valence-corrected chi connectivity index (χ3v) is 6.71. The molecule has 1 aromatic rings. The van der Waals surface area contributed by atoms with Crippen molar-refractivity contribution in [1.29, 1.82) is 0 Å². The molecule has 0 saturated heterocycles. The van der Waals surface area contributed by atoms with Crippen LogP contribution in [-0.2, 0) is 19.6 Å². The van der Waals surface area contributed by atoms with Crippen LogP contribution in [0.5, 0.6) is 5.75 Å². The minimum absolute atomic E-state index is 0.0559. The summed E-state index contributed by atoms with van der Waals surface area (Å²) >= 11 is 0. The molecule has 1 atom stereocenters. The van der Waals surface area contributed by atoms with Crippen LogP contribution in [0.3, 0.4) is 0 Å². The second kappa shape index (κ2) is 12.6. The lowest BCUT2D eigenvalue weighted by molar-refractivity contribution is -0.118. The number of amides is 2. The first-order valence-electron chi connectivity index (χ1n) is 10.8. The van der Waals surface area contributed by atoms with Crippen molar-refractivity contribution >= 4 is 22.0 Å². The van der Waals surface area contributed by atoms with Crippen LogP contribution >= 0.6 is 0 Å². The number of rotatable bonds is 14. The smallest absolute Gasteiger partial charge is 0.409 e. The van der Waals surface area contributed by atoms with Crippen molar-refractivity contribution in [3.63, 3.8) is 0 Å². The fourth-order valence-electron chi connectivity index (χ4n) is 3.44. The Bertz CT molecular complexity index is 857. The molecule has 180 valence electrons. The van der Waals surface area contributed by atoms with E-state index in [1.54, 1.807) is 6.92 Å². The van der Waals surface area contributed by atoms with Gasteiger partial charge in [0.2, 0.25) is 15.9 Å². The first-order chi connectivity index (χ1) is 15.2. The van der Waals surface area contributed by atoms with E-state index in [1.807, 2.05) is 24.3 Å². The number of hydrogen-bond acceptors (Lipinski definition) is 6. The molecule has 0 heterocycles. The summed E-state index contributed by atoms with van der Waals surface area (Å²) in [6.45, 7) is 1.48. The molecule has 1 saturated carbocycles. The van der Waals surface area contributed by atoms with E-state index >= 15 is 0 Å². The maximum absolute atomic E-state index is 12.4. The van der Waals surface area contributed by atoms with Gasteiger partial charge in [0.1, 0.15) is 12.5 Å². The van der Waals surface area contributed by atoms with Crippen molar-refractivity contribution in [3.8, 4) is 5.75 Å². The minimum Gasteiger partial charge on any atom is -0.490 e. The molecule has 0 aliphatic heterocycles. The van der Waals surface area contributed by atoms with Gasteiger partial charge in [0.25, 0.3) is 0 Å². The molecule has 0 spiro atoms. The lowest BCUT2D eigenvalue weighted by Crippen LogP contribution is -2.35. The summed E-state index contributed by atoms with van der Waals surface area (Å²) in [5.41, 5.74) is 5.82. The van der Waals surface area contributed by atoms with Gasteiger partial charge in [-0.05, 0) is 56.7 Å². The number of sulfonamides is 1. The number of hydrogen-bond donors (Lipinski definition) is 3. The highest BCUT2D eigenvalue weighted by Gasteiger charge is 2.19. The Morgan fingerprint density at radius 1 is 1.31 bits per heavy atom. The lowest BCUT2D eigenvalue weighted by atomic mass is 10.1. The highest BCUT2D eigenvalue weighted by molar-refractivity contribution is 7.89. The number of nitrogens with one attached hydrogen (secondary N) is 1. The van der Waals surface area contributed by atoms with Crippen LogP contribution in [-0.4, -0.2) is 62.2 Å². The fourth-order valence-corrected chi connectivity index (χ4v) is 4.73. The van der Waals surface area contributed by atoms with Gasteiger partial charge >= 0.3 is 6.09 Å². The largest absolute Gasteiger partial charge is 0.490 e. The number of primary amides is 1. The van der Waals surface area contributed by atoms with Gasteiger partial charge in [-0.25, -0.2) is 17.9 Å². The number of benzene rings is 1. The summed E-state index contributed by atoms with van der Waals surface area (Å²) < 4.78 is 38.7. The van der Waals surface area contributed by atoms with E-state index < -0.39 is 28.1 Å². The third kappa shape index (κ3) is 9.41. The molecule has 2 rings (SSSR count). The number of ether oxygens (including phenoxy) is 2. The zero-order valence-electron chi connectivity index (χ0n) is 18.4. The molecule has 1 unspecified atom stereocenters. The van der Waals surface area contributed by atoms with E-state index in [9.17, 15) is 18.0 Å². The summed E-state index contributed by atoms with van der Waals surface area (Å²) in [7, 11) is -3.56. The molecule has 10 nitrogen and oxygen atoms in total. The van der Waals surface area contributed by atoms with Crippen molar-refractivity contribution in [1.82, 2.24) is 9.62 Å². The first kappa shape index (κ1) is 25.9. The van der Waals surface area contributed by atoms with E-state index in [0.29, 0.717) is 0 Å². The van der Waals surface area contributed by atoms with Crippen LogP contribution in [0.15, 0.2) is 24.3 Å².